The molecule has 0 N–H and O–H groups in total. The van der Waals surface area contributed by atoms with Crippen LogP contribution in [-0.4, -0.2) is 49.7 Å². The molecular formula is C9H8CaO4. The van der Waals surface area contributed by atoms with Crippen LogP contribution in [0.25, 0.3) is 0 Å². The van der Waals surface area contributed by atoms with Crippen LogP contribution in [-0.2, 0) is 9.59 Å². The molecule has 1 fully saturated rings. The molecule has 0 heterocycles. The van der Waals surface area contributed by atoms with Crippen molar-refractivity contribution in [3.63, 3.8) is 0 Å². The topological polar surface area (TPSA) is 80.3 Å². The third-order valence-corrected chi connectivity index (χ3v) is 3.00. The van der Waals surface area contributed by atoms with E-state index >= 15 is 0 Å². The number of aliphatic carboxylic acids is 2. The van der Waals surface area contributed by atoms with Crippen LogP contribution < -0.4 is 10.2 Å². The van der Waals surface area contributed by atoms with Gasteiger partial charge in [0.1, 0.15) is 0 Å². The van der Waals surface area contributed by atoms with Crippen LogP contribution >= 0.6 is 0 Å². The fourth-order valence-electron chi connectivity index (χ4n) is 2.46. The Morgan fingerprint density at radius 2 is 1.36 bits per heavy atom. The molecule has 0 spiro atoms. The van der Waals surface area contributed by atoms with Gasteiger partial charge in [0.2, 0.25) is 0 Å². The van der Waals surface area contributed by atoms with Crippen molar-refractivity contribution in [3.8, 4) is 0 Å². The minimum Gasteiger partial charge on any atom is -0.550 e. The summed E-state index contributed by atoms with van der Waals surface area (Å²) >= 11 is 0. The maximum absolute atomic E-state index is 10.7. The number of hydrogen-bond acceptors (Lipinski definition) is 4. The average Bonchev–Trinajstić information content (AvgIpc) is 2.60. The van der Waals surface area contributed by atoms with Gasteiger partial charge in [-0.2, -0.15) is 0 Å². The summed E-state index contributed by atoms with van der Waals surface area (Å²) < 4.78 is 0. The maximum atomic E-state index is 10.7. The van der Waals surface area contributed by atoms with Gasteiger partial charge in [-0.25, -0.2) is 0 Å². The van der Waals surface area contributed by atoms with E-state index in [-0.39, 0.29) is 49.6 Å². The van der Waals surface area contributed by atoms with Gasteiger partial charge in [0.15, 0.2) is 0 Å². The van der Waals surface area contributed by atoms with E-state index in [1.807, 2.05) is 0 Å². The molecule has 0 radical (unpaired) electrons. The molecule has 4 unspecified atom stereocenters. The van der Waals surface area contributed by atoms with Gasteiger partial charge in [-0.15, -0.1) is 0 Å². The quantitative estimate of drug-likeness (QED) is 0.382. The number of carbonyl (C=O) groups is 2. The van der Waals surface area contributed by atoms with Gasteiger partial charge in [0.25, 0.3) is 0 Å². The molecule has 4 nitrogen and oxygen atoms in total. The van der Waals surface area contributed by atoms with Crippen molar-refractivity contribution >= 4 is 49.7 Å². The van der Waals surface area contributed by atoms with E-state index in [4.69, 9.17) is 0 Å². The standard InChI is InChI=1S/C9H10O4.Ca/c10-8(11)6-4-1-2-5(3-4)7(6)9(12)13;/h1-2,4-7H,3H2,(H,10,11)(H,12,13);/q;+2/p-2. The smallest absolute Gasteiger partial charge is 0.550 e. The minimum atomic E-state index is -1.27. The molecule has 70 valence electrons. The number of carboxylic acids is 2. The second kappa shape index (κ2) is 4.21. The summed E-state index contributed by atoms with van der Waals surface area (Å²) in [6.07, 6.45) is 4.15. The molecular weight excluding hydrogens is 212 g/mol. The van der Waals surface area contributed by atoms with Gasteiger partial charge in [-0.3, -0.25) is 0 Å². The van der Waals surface area contributed by atoms with Crippen LogP contribution in [0.15, 0.2) is 12.2 Å². The molecule has 2 bridgehead atoms. The SMILES string of the molecule is O=C([O-])C1C2C=CC(C2)C1C(=O)[O-].[Ca+2]. The van der Waals surface area contributed by atoms with Crippen molar-refractivity contribution in [3.05, 3.63) is 12.2 Å². The molecule has 1 saturated carbocycles. The Balaban J connectivity index is 0.000000980. The van der Waals surface area contributed by atoms with E-state index < -0.39 is 23.8 Å². The number of carbonyl (C=O) groups excluding carboxylic acids is 2. The molecule has 0 aromatic carbocycles. The molecule has 2 aliphatic carbocycles. The van der Waals surface area contributed by atoms with E-state index in [1.165, 1.54) is 0 Å². The molecule has 0 aromatic heterocycles. The van der Waals surface area contributed by atoms with E-state index in [9.17, 15) is 19.8 Å². The fraction of sp³-hybridized carbons (Fsp3) is 0.556. The third-order valence-electron chi connectivity index (χ3n) is 3.00. The number of allylic oxidation sites excluding steroid dienone is 2. The number of rotatable bonds is 2. The first-order valence-electron chi connectivity index (χ1n) is 4.21. The van der Waals surface area contributed by atoms with Crippen molar-refractivity contribution in [2.24, 2.45) is 23.7 Å². The first-order chi connectivity index (χ1) is 6.11. The fourth-order valence-corrected chi connectivity index (χ4v) is 2.46. The van der Waals surface area contributed by atoms with Crippen molar-refractivity contribution < 1.29 is 19.8 Å². The van der Waals surface area contributed by atoms with Gasteiger partial charge >= 0.3 is 37.7 Å². The summed E-state index contributed by atoms with van der Waals surface area (Å²) in [5.41, 5.74) is 0. The molecule has 4 atom stereocenters. The first kappa shape index (κ1) is 12.0. The molecule has 14 heavy (non-hydrogen) atoms. The number of carboxylic acid groups (broad SMARTS) is 2. The van der Waals surface area contributed by atoms with Gasteiger partial charge < -0.3 is 19.8 Å². The monoisotopic (exact) mass is 220 g/mol. The van der Waals surface area contributed by atoms with Crippen molar-refractivity contribution in [2.45, 2.75) is 6.42 Å². The molecule has 0 amide bonds. The van der Waals surface area contributed by atoms with Crippen LogP contribution in [0.2, 0.25) is 0 Å². The van der Waals surface area contributed by atoms with E-state index in [1.54, 1.807) is 12.2 Å². The van der Waals surface area contributed by atoms with E-state index in [2.05, 4.69) is 0 Å². The predicted molar refractivity (Wildman–Crippen MR) is 43.5 cm³/mol. The zero-order valence-electron chi connectivity index (χ0n) is 7.51. The Labute approximate surface area is 111 Å². The molecule has 5 heteroatoms. The second-order valence-corrected chi connectivity index (χ2v) is 3.64. The van der Waals surface area contributed by atoms with Crippen LogP contribution in [0.5, 0.6) is 0 Å². The third kappa shape index (κ3) is 1.71. The Morgan fingerprint density at radius 1 is 1.00 bits per heavy atom. The zero-order valence-corrected chi connectivity index (χ0v) is 9.72. The van der Waals surface area contributed by atoms with Gasteiger partial charge in [0, 0.05) is 23.8 Å². The summed E-state index contributed by atoms with van der Waals surface area (Å²) in [6, 6.07) is 0. The molecule has 0 saturated heterocycles. The predicted octanol–water partition coefficient (Wildman–Crippen LogP) is -2.46. The number of hydrogen-bond donors (Lipinski definition) is 0. The maximum Gasteiger partial charge on any atom is 2.00 e. The Bertz CT molecular complexity index is 271. The molecule has 2 aliphatic rings. The summed E-state index contributed by atoms with van der Waals surface area (Å²) in [5.74, 6) is -4.66. The van der Waals surface area contributed by atoms with Crippen molar-refractivity contribution in [2.75, 3.05) is 0 Å². The second-order valence-electron chi connectivity index (χ2n) is 3.64. The summed E-state index contributed by atoms with van der Waals surface area (Å²) in [4.78, 5) is 21.3. The minimum absolute atomic E-state index is 0. The summed E-state index contributed by atoms with van der Waals surface area (Å²) in [5, 5.41) is 21.3. The van der Waals surface area contributed by atoms with E-state index in [0.717, 1.165) is 0 Å². The van der Waals surface area contributed by atoms with Gasteiger partial charge in [-0.1, -0.05) is 12.2 Å². The van der Waals surface area contributed by atoms with Crippen molar-refractivity contribution in [1.29, 1.82) is 0 Å². The summed E-state index contributed by atoms with van der Waals surface area (Å²) in [7, 11) is 0. The van der Waals surface area contributed by atoms with Gasteiger partial charge in [0.05, 0.1) is 0 Å². The van der Waals surface area contributed by atoms with Crippen LogP contribution in [0.3, 0.4) is 0 Å². The van der Waals surface area contributed by atoms with Crippen LogP contribution in [0, 0.1) is 23.7 Å². The van der Waals surface area contributed by atoms with Crippen LogP contribution in [0.1, 0.15) is 6.42 Å². The van der Waals surface area contributed by atoms with Gasteiger partial charge in [-0.05, 0) is 18.3 Å². The first-order valence-corrected chi connectivity index (χ1v) is 4.21. The Kier molecular flexibility index (Phi) is 3.61. The normalized spacial score (nSPS) is 38.0. The number of fused-ring (bicyclic) bond motifs is 2. The van der Waals surface area contributed by atoms with E-state index in [0.29, 0.717) is 6.42 Å². The molecule has 0 aliphatic heterocycles. The Hall–Kier alpha value is -0.0603. The van der Waals surface area contributed by atoms with Crippen molar-refractivity contribution in [1.82, 2.24) is 0 Å². The van der Waals surface area contributed by atoms with Crippen LogP contribution in [0.4, 0.5) is 0 Å². The summed E-state index contributed by atoms with van der Waals surface area (Å²) in [6.45, 7) is 0. The zero-order chi connectivity index (χ0) is 9.59. The molecule has 0 aromatic rings. The molecule has 2 rings (SSSR count). The average molecular weight is 220 g/mol. The largest absolute Gasteiger partial charge is 2.00 e. The Morgan fingerprint density at radius 3 is 1.64 bits per heavy atom.